The van der Waals surface area contributed by atoms with Crippen molar-refractivity contribution in [3.05, 3.63) is 28.5 Å². The Labute approximate surface area is 108 Å². The summed E-state index contributed by atoms with van der Waals surface area (Å²) in [5, 5.41) is 1.65. The Kier molecular flexibility index (Phi) is 4.94. The van der Waals surface area contributed by atoms with Crippen LogP contribution in [-0.2, 0) is 4.79 Å². The number of alkyl halides is 3. The van der Waals surface area contributed by atoms with E-state index < -0.39 is 31.1 Å². The molecule has 0 spiro atoms. The summed E-state index contributed by atoms with van der Waals surface area (Å²) in [6.45, 7) is -2.00. The molecule has 0 aliphatic rings. The molecule has 1 aromatic carbocycles. The Morgan fingerprint density at radius 1 is 1.39 bits per heavy atom. The van der Waals surface area contributed by atoms with Crippen molar-refractivity contribution in [1.82, 2.24) is 5.32 Å². The van der Waals surface area contributed by atoms with Gasteiger partial charge in [-0.15, -0.1) is 0 Å². The second-order valence-corrected chi connectivity index (χ2v) is 4.11. The van der Waals surface area contributed by atoms with Gasteiger partial charge in [-0.2, -0.15) is 13.2 Å². The molecule has 18 heavy (non-hydrogen) atoms. The van der Waals surface area contributed by atoms with E-state index in [-0.39, 0.29) is 10.2 Å². The van der Waals surface area contributed by atoms with E-state index in [0.29, 0.717) is 0 Å². The van der Waals surface area contributed by atoms with Crippen LogP contribution in [0.2, 0.25) is 0 Å². The molecule has 0 saturated carbocycles. The Bertz CT molecular complexity index is 436. The minimum atomic E-state index is -4.47. The van der Waals surface area contributed by atoms with Gasteiger partial charge in [0, 0.05) is 0 Å². The van der Waals surface area contributed by atoms with Crippen LogP contribution in [0.5, 0.6) is 5.75 Å². The number of carbonyl (C=O) groups excluding carboxylic acids is 1. The molecule has 1 aromatic rings. The van der Waals surface area contributed by atoms with Crippen LogP contribution in [-0.4, -0.2) is 25.2 Å². The molecule has 0 unspecified atom stereocenters. The van der Waals surface area contributed by atoms with E-state index in [1.807, 2.05) is 0 Å². The van der Waals surface area contributed by atoms with Crippen LogP contribution in [0, 0.1) is 5.82 Å². The van der Waals surface area contributed by atoms with Gasteiger partial charge in [0.25, 0.3) is 5.91 Å². The Morgan fingerprint density at radius 3 is 2.61 bits per heavy atom. The molecule has 0 heterocycles. The van der Waals surface area contributed by atoms with Crippen LogP contribution in [0.15, 0.2) is 22.7 Å². The number of carbonyl (C=O) groups is 1. The summed E-state index contributed by atoms with van der Waals surface area (Å²) in [6, 6.07) is 3.48. The van der Waals surface area contributed by atoms with E-state index in [1.165, 1.54) is 6.07 Å². The van der Waals surface area contributed by atoms with Crippen molar-refractivity contribution < 1.29 is 27.1 Å². The first-order chi connectivity index (χ1) is 8.28. The smallest absolute Gasteiger partial charge is 0.405 e. The summed E-state index contributed by atoms with van der Waals surface area (Å²) in [7, 11) is 0. The highest BCUT2D eigenvalue weighted by atomic mass is 79.9. The third kappa shape index (κ3) is 5.35. The summed E-state index contributed by atoms with van der Waals surface area (Å²) >= 11 is 2.99. The lowest BCUT2D eigenvalue weighted by Crippen LogP contribution is -2.36. The van der Waals surface area contributed by atoms with Gasteiger partial charge >= 0.3 is 6.18 Å². The molecule has 0 radical (unpaired) electrons. The van der Waals surface area contributed by atoms with Crippen molar-refractivity contribution in [2.45, 2.75) is 6.18 Å². The minimum absolute atomic E-state index is 0.165. The third-order valence-corrected chi connectivity index (χ3v) is 2.36. The average molecular weight is 330 g/mol. The summed E-state index contributed by atoms with van der Waals surface area (Å²) in [4.78, 5) is 11.0. The first-order valence-electron chi connectivity index (χ1n) is 4.69. The van der Waals surface area contributed by atoms with Crippen molar-refractivity contribution in [1.29, 1.82) is 0 Å². The van der Waals surface area contributed by atoms with Crippen LogP contribution in [0.1, 0.15) is 0 Å². The molecule has 0 fully saturated rings. The SMILES string of the molecule is O=C(COc1ccc(F)cc1Br)NCC(F)(F)F. The van der Waals surface area contributed by atoms with Crippen LogP contribution in [0.4, 0.5) is 17.6 Å². The van der Waals surface area contributed by atoms with E-state index in [4.69, 9.17) is 4.74 Å². The summed E-state index contributed by atoms with van der Waals surface area (Å²) in [6.07, 6.45) is -4.47. The van der Waals surface area contributed by atoms with Crippen molar-refractivity contribution in [3.8, 4) is 5.75 Å². The fraction of sp³-hybridized carbons (Fsp3) is 0.300. The van der Waals surface area contributed by atoms with Gasteiger partial charge in [-0.3, -0.25) is 4.79 Å². The monoisotopic (exact) mass is 329 g/mol. The van der Waals surface area contributed by atoms with Crippen LogP contribution < -0.4 is 10.1 Å². The predicted molar refractivity (Wildman–Crippen MR) is 58.7 cm³/mol. The van der Waals surface area contributed by atoms with Gasteiger partial charge in [0.15, 0.2) is 6.61 Å². The first kappa shape index (κ1) is 14.7. The molecule has 0 atom stereocenters. The van der Waals surface area contributed by atoms with Crippen molar-refractivity contribution in [2.24, 2.45) is 0 Å². The summed E-state index contributed by atoms with van der Waals surface area (Å²) < 4.78 is 53.3. The lowest BCUT2D eigenvalue weighted by atomic mass is 10.3. The second-order valence-electron chi connectivity index (χ2n) is 3.26. The molecule has 0 aliphatic carbocycles. The number of ether oxygens (including phenoxy) is 1. The van der Waals surface area contributed by atoms with Crippen molar-refractivity contribution in [2.75, 3.05) is 13.2 Å². The maximum absolute atomic E-state index is 12.7. The summed E-state index contributed by atoms with van der Waals surface area (Å²) in [5.74, 6) is -1.25. The van der Waals surface area contributed by atoms with Crippen molar-refractivity contribution in [3.63, 3.8) is 0 Å². The molecule has 0 saturated heterocycles. The summed E-state index contributed by atoms with van der Waals surface area (Å²) in [5.41, 5.74) is 0. The van der Waals surface area contributed by atoms with E-state index in [2.05, 4.69) is 15.9 Å². The van der Waals surface area contributed by atoms with Gasteiger partial charge < -0.3 is 10.1 Å². The predicted octanol–water partition coefficient (Wildman–Crippen LogP) is 2.65. The van der Waals surface area contributed by atoms with Gasteiger partial charge in [-0.25, -0.2) is 4.39 Å². The molecular formula is C10H8BrF4NO2. The molecular weight excluding hydrogens is 322 g/mol. The largest absolute Gasteiger partial charge is 0.483 e. The van der Waals surface area contributed by atoms with Gasteiger partial charge in [-0.05, 0) is 34.1 Å². The molecule has 0 bridgehead atoms. The highest BCUT2D eigenvalue weighted by molar-refractivity contribution is 9.10. The molecule has 1 rings (SSSR count). The number of halogens is 5. The van der Waals surface area contributed by atoms with Gasteiger partial charge in [0.2, 0.25) is 0 Å². The molecule has 1 N–H and O–H groups in total. The number of rotatable bonds is 4. The van der Waals surface area contributed by atoms with E-state index in [1.54, 1.807) is 5.32 Å². The van der Waals surface area contributed by atoms with Gasteiger partial charge in [-0.1, -0.05) is 0 Å². The van der Waals surface area contributed by atoms with Crippen LogP contribution in [0.3, 0.4) is 0 Å². The number of amides is 1. The number of benzene rings is 1. The molecule has 1 amide bonds. The normalized spacial score (nSPS) is 11.2. The Morgan fingerprint density at radius 2 is 2.06 bits per heavy atom. The lowest BCUT2D eigenvalue weighted by molar-refractivity contribution is -0.139. The van der Waals surface area contributed by atoms with E-state index in [0.717, 1.165) is 12.1 Å². The van der Waals surface area contributed by atoms with Gasteiger partial charge in [0.1, 0.15) is 18.1 Å². The first-order valence-corrected chi connectivity index (χ1v) is 5.48. The number of hydrogen-bond acceptors (Lipinski definition) is 2. The fourth-order valence-electron chi connectivity index (χ4n) is 0.985. The molecule has 3 nitrogen and oxygen atoms in total. The maximum atomic E-state index is 12.7. The fourth-order valence-corrected chi connectivity index (χ4v) is 1.45. The van der Waals surface area contributed by atoms with E-state index in [9.17, 15) is 22.4 Å². The highest BCUT2D eigenvalue weighted by Crippen LogP contribution is 2.25. The third-order valence-electron chi connectivity index (χ3n) is 1.74. The zero-order valence-electron chi connectivity index (χ0n) is 8.85. The standard InChI is InChI=1S/C10H8BrF4NO2/c11-7-3-6(12)1-2-8(7)18-4-9(17)16-5-10(13,14)15/h1-3H,4-5H2,(H,16,17). The number of hydrogen-bond donors (Lipinski definition) is 1. The van der Waals surface area contributed by atoms with Gasteiger partial charge in [0.05, 0.1) is 4.47 Å². The lowest BCUT2D eigenvalue weighted by Gasteiger charge is -2.10. The maximum Gasteiger partial charge on any atom is 0.405 e. The van der Waals surface area contributed by atoms with E-state index >= 15 is 0 Å². The Hall–Kier alpha value is -1.31. The molecule has 0 aromatic heterocycles. The topological polar surface area (TPSA) is 38.3 Å². The zero-order valence-corrected chi connectivity index (χ0v) is 10.4. The average Bonchev–Trinajstić information content (AvgIpc) is 2.24. The number of nitrogens with one attached hydrogen (secondary N) is 1. The second kappa shape index (κ2) is 6.03. The van der Waals surface area contributed by atoms with Crippen LogP contribution >= 0.6 is 15.9 Å². The highest BCUT2D eigenvalue weighted by Gasteiger charge is 2.27. The van der Waals surface area contributed by atoms with Crippen LogP contribution in [0.25, 0.3) is 0 Å². The minimum Gasteiger partial charge on any atom is -0.483 e. The molecule has 0 aliphatic heterocycles. The van der Waals surface area contributed by atoms with Crippen molar-refractivity contribution >= 4 is 21.8 Å². The zero-order chi connectivity index (χ0) is 13.8. The Balaban J connectivity index is 2.43. The molecule has 8 heteroatoms. The molecule has 100 valence electrons. The quantitative estimate of drug-likeness (QED) is 0.862.